The summed E-state index contributed by atoms with van der Waals surface area (Å²) in [5.74, 6) is -0.156. The van der Waals surface area contributed by atoms with Crippen molar-refractivity contribution in [1.29, 1.82) is 0 Å². The molecule has 0 unspecified atom stereocenters. The summed E-state index contributed by atoms with van der Waals surface area (Å²) in [4.78, 5) is 12.6. The van der Waals surface area contributed by atoms with E-state index >= 15 is 0 Å². The largest absolute Gasteiger partial charge is 0.352 e. The molecule has 3 aromatic carbocycles. The molecule has 6 heteroatoms. The SMILES string of the molecule is CCNS(=O)(=O)c1ccc(/C=C/C(=O)NCC(c2ccccc2)c2ccccc2)cc1. The van der Waals surface area contributed by atoms with Gasteiger partial charge in [-0.2, -0.15) is 0 Å². The van der Waals surface area contributed by atoms with Gasteiger partial charge in [0.05, 0.1) is 4.90 Å². The molecule has 0 aliphatic carbocycles. The van der Waals surface area contributed by atoms with Crippen LogP contribution in [0.25, 0.3) is 6.08 Å². The lowest BCUT2D eigenvalue weighted by atomic mass is 9.91. The number of nitrogens with one attached hydrogen (secondary N) is 2. The van der Waals surface area contributed by atoms with Gasteiger partial charge < -0.3 is 5.32 Å². The summed E-state index contributed by atoms with van der Waals surface area (Å²) in [5.41, 5.74) is 3.01. The summed E-state index contributed by atoms with van der Waals surface area (Å²) in [6.07, 6.45) is 3.12. The zero-order valence-corrected chi connectivity index (χ0v) is 18.2. The Morgan fingerprint density at radius 3 is 1.94 bits per heavy atom. The number of carbonyl (C=O) groups excluding carboxylic acids is 1. The van der Waals surface area contributed by atoms with Crippen LogP contribution in [0.4, 0.5) is 0 Å². The fraction of sp³-hybridized carbons (Fsp3) is 0.160. The van der Waals surface area contributed by atoms with E-state index in [0.717, 1.165) is 16.7 Å². The van der Waals surface area contributed by atoms with Crippen molar-refractivity contribution < 1.29 is 13.2 Å². The number of sulfonamides is 1. The fourth-order valence-corrected chi connectivity index (χ4v) is 4.30. The molecule has 0 saturated heterocycles. The van der Waals surface area contributed by atoms with Gasteiger partial charge in [0.2, 0.25) is 15.9 Å². The molecule has 0 spiro atoms. The summed E-state index contributed by atoms with van der Waals surface area (Å²) in [6, 6.07) is 26.5. The predicted molar refractivity (Wildman–Crippen MR) is 124 cm³/mol. The Balaban J connectivity index is 1.65. The maximum atomic E-state index is 12.4. The Labute approximate surface area is 183 Å². The third-order valence-corrected chi connectivity index (χ3v) is 6.40. The smallest absolute Gasteiger partial charge is 0.244 e. The normalized spacial score (nSPS) is 11.7. The minimum absolute atomic E-state index is 0.0512. The highest BCUT2D eigenvalue weighted by Gasteiger charge is 2.14. The van der Waals surface area contributed by atoms with Gasteiger partial charge in [0.25, 0.3) is 0 Å². The van der Waals surface area contributed by atoms with Gasteiger partial charge >= 0.3 is 0 Å². The van der Waals surface area contributed by atoms with Crippen LogP contribution in [-0.2, 0) is 14.8 Å². The second-order valence-electron chi connectivity index (χ2n) is 7.02. The van der Waals surface area contributed by atoms with Gasteiger partial charge in [0.15, 0.2) is 0 Å². The van der Waals surface area contributed by atoms with Crippen molar-refractivity contribution in [3.8, 4) is 0 Å². The summed E-state index contributed by atoms with van der Waals surface area (Å²) in [5, 5.41) is 2.97. The molecule has 0 heterocycles. The Morgan fingerprint density at radius 1 is 0.871 bits per heavy atom. The first-order valence-electron chi connectivity index (χ1n) is 10.1. The molecule has 0 aliphatic rings. The van der Waals surface area contributed by atoms with Gasteiger partial charge in [0.1, 0.15) is 0 Å². The fourth-order valence-electron chi connectivity index (χ4n) is 3.26. The first kappa shape index (κ1) is 22.5. The van der Waals surface area contributed by atoms with Crippen molar-refractivity contribution >= 4 is 22.0 Å². The number of carbonyl (C=O) groups is 1. The molecule has 160 valence electrons. The van der Waals surface area contributed by atoms with E-state index in [1.807, 2.05) is 36.4 Å². The van der Waals surface area contributed by atoms with Crippen molar-refractivity contribution in [2.45, 2.75) is 17.7 Å². The van der Waals surface area contributed by atoms with Crippen LogP contribution in [-0.4, -0.2) is 27.4 Å². The van der Waals surface area contributed by atoms with E-state index in [9.17, 15) is 13.2 Å². The van der Waals surface area contributed by atoms with Crippen LogP contribution in [0.3, 0.4) is 0 Å². The van der Waals surface area contributed by atoms with Crippen LogP contribution in [0.5, 0.6) is 0 Å². The maximum absolute atomic E-state index is 12.4. The van der Waals surface area contributed by atoms with Crippen LogP contribution >= 0.6 is 0 Å². The van der Waals surface area contributed by atoms with E-state index in [1.165, 1.54) is 18.2 Å². The minimum Gasteiger partial charge on any atom is -0.352 e. The number of hydrogen-bond donors (Lipinski definition) is 2. The topological polar surface area (TPSA) is 75.3 Å². The number of hydrogen-bond acceptors (Lipinski definition) is 3. The van der Waals surface area contributed by atoms with Gasteiger partial charge in [-0.1, -0.05) is 79.7 Å². The van der Waals surface area contributed by atoms with Crippen LogP contribution in [0.1, 0.15) is 29.5 Å². The van der Waals surface area contributed by atoms with Crippen LogP contribution < -0.4 is 10.0 Å². The highest BCUT2D eigenvalue weighted by molar-refractivity contribution is 7.89. The van der Waals surface area contributed by atoms with E-state index in [-0.39, 0.29) is 16.7 Å². The molecule has 0 bridgehead atoms. The molecule has 0 aliphatic heterocycles. The van der Waals surface area contributed by atoms with E-state index in [2.05, 4.69) is 34.3 Å². The summed E-state index contributed by atoms with van der Waals surface area (Å²) in [7, 11) is -3.48. The monoisotopic (exact) mass is 434 g/mol. The minimum atomic E-state index is -3.48. The van der Waals surface area contributed by atoms with Crippen LogP contribution in [0.2, 0.25) is 0 Å². The van der Waals surface area contributed by atoms with Gasteiger partial charge in [-0.15, -0.1) is 0 Å². The van der Waals surface area contributed by atoms with Gasteiger partial charge in [-0.05, 0) is 34.9 Å². The molecule has 0 aromatic heterocycles. The summed E-state index contributed by atoms with van der Waals surface area (Å²) >= 11 is 0. The van der Waals surface area contributed by atoms with Gasteiger partial charge in [-0.25, -0.2) is 13.1 Å². The second kappa shape index (κ2) is 10.7. The molecule has 3 rings (SSSR count). The Bertz CT molecular complexity index is 1070. The molecule has 0 saturated carbocycles. The Morgan fingerprint density at radius 2 is 1.42 bits per heavy atom. The van der Waals surface area contributed by atoms with E-state index in [0.29, 0.717) is 13.1 Å². The van der Waals surface area contributed by atoms with Crippen molar-refractivity contribution in [1.82, 2.24) is 10.0 Å². The molecule has 0 fully saturated rings. The van der Waals surface area contributed by atoms with Crippen LogP contribution in [0.15, 0.2) is 95.9 Å². The standard InChI is InChI=1S/C25H26N2O3S/c1-2-27-31(29,30)23-16-13-20(14-17-23)15-18-25(28)26-19-24(21-9-5-3-6-10-21)22-11-7-4-8-12-22/h3-18,24,27H,2,19H2,1H3,(H,26,28)/b18-15+. The van der Waals surface area contributed by atoms with Crippen molar-refractivity contribution in [2.24, 2.45) is 0 Å². The average molecular weight is 435 g/mol. The lowest BCUT2D eigenvalue weighted by Gasteiger charge is -2.18. The van der Waals surface area contributed by atoms with E-state index in [1.54, 1.807) is 25.1 Å². The van der Waals surface area contributed by atoms with E-state index in [4.69, 9.17) is 0 Å². The molecule has 3 aromatic rings. The van der Waals surface area contributed by atoms with E-state index < -0.39 is 10.0 Å². The predicted octanol–water partition coefficient (Wildman–Crippen LogP) is 3.95. The van der Waals surface area contributed by atoms with Crippen LogP contribution in [0, 0.1) is 0 Å². The quantitative estimate of drug-likeness (QED) is 0.501. The third kappa shape index (κ3) is 6.38. The van der Waals surface area contributed by atoms with Crippen molar-refractivity contribution in [3.63, 3.8) is 0 Å². The average Bonchev–Trinajstić information content (AvgIpc) is 2.79. The summed E-state index contributed by atoms with van der Waals surface area (Å²) < 4.78 is 26.5. The first-order chi connectivity index (χ1) is 15.0. The number of benzene rings is 3. The molecule has 31 heavy (non-hydrogen) atoms. The highest BCUT2D eigenvalue weighted by Crippen LogP contribution is 2.23. The lowest BCUT2D eigenvalue weighted by molar-refractivity contribution is -0.116. The first-order valence-corrected chi connectivity index (χ1v) is 11.6. The summed E-state index contributed by atoms with van der Waals surface area (Å²) in [6.45, 7) is 2.53. The second-order valence-corrected chi connectivity index (χ2v) is 8.79. The Kier molecular flexibility index (Phi) is 7.76. The number of rotatable bonds is 9. The zero-order valence-electron chi connectivity index (χ0n) is 17.4. The Hall–Kier alpha value is -3.22. The molecule has 0 radical (unpaired) electrons. The highest BCUT2D eigenvalue weighted by atomic mass is 32.2. The molecule has 1 amide bonds. The molecular formula is C25H26N2O3S. The molecule has 2 N–H and O–H groups in total. The molecule has 5 nitrogen and oxygen atoms in total. The van der Waals surface area contributed by atoms with Crippen molar-refractivity contribution in [2.75, 3.05) is 13.1 Å². The van der Waals surface area contributed by atoms with Crippen molar-refractivity contribution in [3.05, 3.63) is 108 Å². The zero-order chi connectivity index (χ0) is 22.1. The lowest BCUT2D eigenvalue weighted by Crippen LogP contribution is -2.27. The van der Waals surface area contributed by atoms with Gasteiger partial charge in [-0.3, -0.25) is 4.79 Å². The maximum Gasteiger partial charge on any atom is 0.244 e. The molecule has 0 atom stereocenters. The molecular weight excluding hydrogens is 408 g/mol. The number of amides is 1. The van der Waals surface area contributed by atoms with Gasteiger partial charge in [0, 0.05) is 25.1 Å². The third-order valence-electron chi connectivity index (χ3n) is 4.84.